The van der Waals surface area contributed by atoms with E-state index in [9.17, 15) is 4.79 Å². The van der Waals surface area contributed by atoms with E-state index < -0.39 is 0 Å². The molecule has 0 aliphatic carbocycles. The molecule has 1 amide bonds. The Morgan fingerprint density at radius 3 is 2.95 bits per heavy atom. The van der Waals surface area contributed by atoms with Crippen LogP contribution in [0.25, 0.3) is 5.69 Å². The van der Waals surface area contributed by atoms with Gasteiger partial charge in [-0.15, -0.1) is 5.10 Å². The highest BCUT2D eigenvalue weighted by Crippen LogP contribution is 2.15. The predicted octanol–water partition coefficient (Wildman–Crippen LogP) is 1.66. The second-order valence-electron chi connectivity index (χ2n) is 5.51. The monoisotopic (exact) mass is 319 g/mol. The summed E-state index contributed by atoms with van der Waals surface area (Å²) in [6.45, 7) is 6.03. The van der Waals surface area contributed by atoms with Crippen LogP contribution >= 0.6 is 11.6 Å². The third-order valence-electron chi connectivity index (χ3n) is 3.68. The van der Waals surface area contributed by atoms with Gasteiger partial charge in [0.2, 0.25) is 0 Å². The maximum Gasteiger partial charge on any atom is 0.276 e. The Labute approximate surface area is 134 Å². The number of piperazine rings is 1. The SMILES string of the molecule is Cc1nn(-c2cccc(Cl)c2)nc1C(=O)N1CCN[C@H](C)C1. The average molecular weight is 320 g/mol. The van der Waals surface area contributed by atoms with Crippen LogP contribution in [0.5, 0.6) is 0 Å². The van der Waals surface area contributed by atoms with Gasteiger partial charge < -0.3 is 10.2 Å². The van der Waals surface area contributed by atoms with Crippen molar-refractivity contribution in [1.82, 2.24) is 25.2 Å². The Hall–Kier alpha value is -1.92. The Morgan fingerprint density at radius 2 is 2.23 bits per heavy atom. The molecule has 0 radical (unpaired) electrons. The van der Waals surface area contributed by atoms with E-state index in [-0.39, 0.29) is 5.91 Å². The number of halogens is 1. The maximum absolute atomic E-state index is 12.6. The molecule has 1 atom stereocenters. The maximum atomic E-state index is 12.6. The largest absolute Gasteiger partial charge is 0.334 e. The van der Waals surface area contributed by atoms with Crippen LogP contribution in [0.2, 0.25) is 5.02 Å². The molecule has 22 heavy (non-hydrogen) atoms. The molecular weight excluding hydrogens is 302 g/mol. The number of nitrogens with zero attached hydrogens (tertiary/aromatic N) is 4. The molecule has 7 heteroatoms. The zero-order valence-electron chi connectivity index (χ0n) is 12.6. The molecule has 1 N–H and O–H groups in total. The molecule has 0 spiro atoms. The highest BCUT2D eigenvalue weighted by Gasteiger charge is 2.25. The molecule has 6 nitrogen and oxygen atoms in total. The zero-order valence-corrected chi connectivity index (χ0v) is 13.3. The standard InChI is InChI=1S/C15H18ClN5O/c1-10-9-20(7-6-17-10)15(22)14-11(2)18-21(19-14)13-5-3-4-12(16)8-13/h3-5,8,10,17H,6-7,9H2,1-2H3/t10-/m1/s1. The second-order valence-corrected chi connectivity index (χ2v) is 5.95. The van der Waals surface area contributed by atoms with Crippen molar-refractivity contribution in [1.29, 1.82) is 0 Å². The molecule has 0 bridgehead atoms. The summed E-state index contributed by atoms with van der Waals surface area (Å²) in [4.78, 5) is 15.9. The lowest BCUT2D eigenvalue weighted by atomic mass is 10.2. The van der Waals surface area contributed by atoms with Gasteiger partial charge >= 0.3 is 0 Å². The zero-order chi connectivity index (χ0) is 15.7. The van der Waals surface area contributed by atoms with Crippen molar-refractivity contribution in [3.63, 3.8) is 0 Å². The van der Waals surface area contributed by atoms with Crippen molar-refractivity contribution in [2.24, 2.45) is 0 Å². The number of amides is 1. The Kier molecular flexibility index (Phi) is 4.13. The highest BCUT2D eigenvalue weighted by atomic mass is 35.5. The average Bonchev–Trinajstić information content (AvgIpc) is 2.88. The number of aryl methyl sites for hydroxylation is 1. The lowest BCUT2D eigenvalue weighted by Gasteiger charge is -2.31. The number of nitrogens with one attached hydrogen (secondary N) is 1. The number of aromatic nitrogens is 3. The minimum Gasteiger partial charge on any atom is -0.334 e. The summed E-state index contributed by atoms with van der Waals surface area (Å²) < 4.78 is 0. The van der Waals surface area contributed by atoms with Crippen LogP contribution in [0.15, 0.2) is 24.3 Å². The summed E-state index contributed by atoms with van der Waals surface area (Å²) in [5, 5.41) is 12.6. The second kappa shape index (κ2) is 6.06. The Morgan fingerprint density at radius 1 is 1.41 bits per heavy atom. The number of rotatable bonds is 2. The normalized spacial score (nSPS) is 18.5. The van der Waals surface area contributed by atoms with E-state index in [1.807, 2.05) is 17.0 Å². The third kappa shape index (κ3) is 2.98. The first kappa shape index (κ1) is 15.0. The van der Waals surface area contributed by atoms with Gasteiger partial charge in [-0.2, -0.15) is 9.90 Å². The van der Waals surface area contributed by atoms with Crippen molar-refractivity contribution in [2.75, 3.05) is 19.6 Å². The lowest BCUT2D eigenvalue weighted by Crippen LogP contribution is -2.51. The number of benzene rings is 1. The van der Waals surface area contributed by atoms with Gasteiger partial charge in [-0.3, -0.25) is 4.79 Å². The molecule has 1 aromatic carbocycles. The van der Waals surface area contributed by atoms with Crippen LogP contribution in [0.4, 0.5) is 0 Å². The van der Waals surface area contributed by atoms with E-state index in [1.165, 1.54) is 4.80 Å². The molecule has 3 rings (SSSR count). The van der Waals surface area contributed by atoms with Crippen molar-refractivity contribution >= 4 is 17.5 Å². The topological polar surface area (TPSA) is 63.1 Å². The molecule has 116 valence electrons. The molecule has 1 aliphatic rings. The molecule has 1 aliphatic heterocycles. The van der Waals surface area contributed by atoms with Crippen LogP contribution in [0.1, 0.15) is 23.1 Å². The van der Waals surface area contributed by atoms with Crippen molar-refractivity contribution in [2.45, 2.75) is 19.9 Å². The van der Waals surface area contributed by atoms with Gasteiger partial charge in [0.25, 0.3) is 5.91 Å². The van der Waals surface area contributed by atoms with Gasteiger partial charge in [0, 0.05) is 30.7 Å². The predicted molar refractivity (Wildman–Crippen MR) is 84.5 cm³/mol. The molecule has 2 heterocycles. The Balaban J connectivity index is 1.87. The van der Waals surface area contributed by atoms with E-state index in [0.29, 0.717) is 35.5 Å². The van der Waals surface area contributed by atoms with E-state index in [1.54, 1.807) is 19.1 Å². The van der Waals surface area contributed by atoms with Crippen LogP contribution in [-0.2, 0) is 0 Å². The first-order valence-corrected chi connectivity index (χ1v) is 7.65. The summed E-state index contributed by atoms with van der Waals surface area (Å²) in [6.07, 6.45) is 0. The third-order valence-corrected chi connectivity index (χ3v) is 3.91. The van der Waals surface area contributed by atoms with Gasteiger partial charge in [0.05, 0.1) is 11.4 Å². The van der Waals surface area contributed by atoms with Gasteiger partial charge in [-0.05, 0) is 32.0 Å². The summed E-state index contributed by atoms with van der Waals surface area (Å²) in [5.74, 6) is -0.0703. The van der Waals surface area contributed by atoms with E-state index >= 15 is 0 Å². The van der Waals surface area contributed by atoms with E-state index in [0.717, 1.165) is 12.2 Å². The van der Waals surface area contributed by atoms with E-state index in [4.69, 9.17) is 11.6 Å². The summed E-state index contributed by atoms with van der Waals surface area (Å²) in [5.41, 5.74) is 1.76. The highest BCUT2D eigenvalue weighted by molar-refractivity contribution is 6.30. The minimum atomic E-state index is -0.0703. The lowest BCUT2D eigenvalue weighted by molar-refractivity contribution is 0.0702. The summed E-state index contributed by atoms with van der Waals surface area (Å²) in [7, 11) is 0. The molecule has 0 unspecified atom stereocenters. The molecule has 2 aromatic rings. The fourth-order valence-corrected chi connectivity index (χ4v) is 2.74. The molecular formula is C15H18ClN5O. The van der Waals surface area contributed by atoms with Crippen LogP contribution in [0, 0.1) is 6.92 Å². The Bertz CT molecular complexity index is 699. The van der Waals surface area contributed by atoms with Gasteiger partial charge in [0.1, 0.15) is 0 Å². The number of carbonyl (C=O) groups excluding carboxylic acids is 1. The first-order valence-electron chi connectivity index (χ1n) is 7.27. The number of hydrogen-bond acceptors (Lipinski definition) is 4. The first-order chi connectivity index (χ1) is 10.5. The summed E-state index contributed by atoms with van der Waals surface area (Å²) in [6, 6.07) is 7.53. The molecule has 1 saturated heterocycles. The van der Waals surface area contributed by atoms with Crippen molar-refractivity contribution in [3.8, 4) is 5.69 Å². The smallest absolute Gasteiger partial charge is 0.276 e. The fourth-order valence-electron chi connectivity index (χ4n) is 2.56. The quantitative estimate of drug-likeness (QED) is 0.914. The minimum absolute atomic E-state index is 0.0703. The van der Waals surface area contributed by atoms with Crippen LogP contribution in [0.3, 0.4) is 0 Å². The van der Waals surface area contributed by atoms with Crippen molar-refractivity contribution in [3.05, 3.63) is 40.7 Å². The van der Waals surface area contributed by atoms with E-state index in [2.05, 4.69) is 22.4 Å². The fraction of sp³-hybridized carbons (Fsp3) is 0.400. The summed E-state index contributed by atoms with van der Waals surface area (Å²) >= 11 is 5.99. The van der Waals surface area contributed by atoms with Crippen molar-refractivity contribution < 1.29 is 4.79 Å². The number of carbonyl (C=O) groups is 1. The van der Waals surface area contributed by atoms with Crippen LogP contribution < -0.4 is 5.32 Å². The molecule has 0 saturated carbocycles. The van der Waals surface area contributed by atoms with Crippen LogP contribution in [-0.4, -0.2) is 51.5 Å². The molecule has 1 fully saturated rings. The van der Waals surface area contributed by atoms with Gasteiger partial charge in [0.15, 0.2) is 5.69 Å². The molecule has 1 aromatic heterocycles. The van der Waals surface area contributed by atoms with Gasteiger partial charge in [-0.25, -0.2) is 0 Å². The number of hydrogen-bond donors (Lipinski definition) is 1. The van der Waals surface area contributed by atoms with Gasteiger partial charge in [-0.1, -0.05) is 17.7 Å².